The third-order valence-corrected chi connectivity index (χ3v) is 5.34. The van der Waals surface area contributed by atoms with Crippen LogP contribution in [0.25, 0.3) is 16.5 Å². The molecule has 0 saturated heterocycles. The third-order valence-electron chi connectivity index (χ3n) is 5.34. The summed E-state index contributed by atoms with van der Waals surface area (Å²) in [5, 5.41) is 10.4. The SMILES string of the molecule is COC[C@H](CO)c1nc2c(C3=CCC(C(F)(F)F)CC3)cccc2cc1C(N)=O. The molecule has 2 atom stereocenters. The molecular weight excluding hydrogens is 385 g/mol. The zero-order valence-corrected chi connectivity index (χ0v) is 16.0. The van der Waals surface area contributed by atoms with Crippen molar-refractivity contribution < 1.29 is 27.8 Å². The summed E-state index contributed by atoms with van der Waals surface area (Å²) in [6.45, 7) is -0.141. The Balaban J connectivity index is 2.10. The Morgan fingerprint density at radius 2 is 2.17 bits per heavy atom. The predicted molar refractivity (Wildman–Crippen MR) is 103 cm³/mol. The molecule has 3 N–H and O–H groups in total. The van der Waals surface area contributed by atoms with Gasteiger partial charge in [0.1, 0.15) is 0 Å². The number of carbonyl (C=O) groups excluding carboxylic acids is 1. The Hall–Kier alpha value is -2.45. The molecule has 0 bridgehead atoms. The Morgan fingerprint density at radius 1 is 1.41 bits per heavy atom. The van der Waals surface area contributed by atoms with Crippen molar-refractivity contribution in [2.24, 2.45) is 11.7 Å². The molecule has 1 amide bonds. The summed E-state index contributed by atoms with van der Waals surface area (Å²) in [6.07, 6.45) is -2.32. The van der Waals surface area contributed by atoms with E-state index in [4.69, 9.17) is 10.5 Å². The predicted octanol–water partition coefficient (Wildman–Crippen LogP) is 3.80. The number of carbonyl (C=O) groups is 1. The van der Waals surface area contributed by atoms with E-state index in [0.717, 1.165) is 11.1 Å². The van der Waals surface area contributed by atoms with Gasteiger partial charge >= 0.3 is 6.18 Å². The number of nitrogens with two attached hydrogens (primary N) is 1. The summed E-state index contributed by atoms with van der Waals surface area (Å²) in [5.41, 5.74) is 8.13. The largest absolute Gasteiger partial charge is 0.396 e. The fraction of sp³-hybridized carbons (Fsp3) is 0.429. The summed E-state index contributed by atoms with van der Waals surface area (Å²) >= 11 is 0. The molecule has 0 saturated carbocycles. The number of aliphatic hydroxyl groups is 1. The number of primary amides is 1. The zero-order chi connectivity index (χ0) is 21.2. The molecule has 0 radical (unpaired) electrons. The van der Waals surface area contributed by atoms with Gasteiger partial charge in [-0.3, -0.25) is 9.78 Å². The lowest BCUT2D eigenvalue weighted by molar-refractivity contribution is -0.175. The Morgan fingerprint density at radius 3 is 2.72 bits per heavy atom. The van der Waals surface area contributed by atoms with Gasteiger partial charge < -0.3 is 15.6 Å². The highest BCUT2D eigenvalue weighted by Crippen LogP contribution is 2.40. The molecular formula is C21H23F3N2O3. The minimum absolute atomic E-state index is 0.0287. The zero-order valence-electron chi connectivity index (χ0n) is 16.0. The van der Waals surface area contributed by atoms with Crippen LogP contribution in [0.5, 0.6) is 0 Å². The van der Waals surface area contributed by atoms with Crippen molar-refractivity contribution in [1.82, 2.24) is 4.98 Å². The van der Waals surface area contributed by atoms with Crippen LogP contribution < -0.4 is 5.73 Å². The van der Waals surface area contributed by atoms with Crippen LogP contribution in [0, 0.1) is 5.92 Å². The molecule has 5 nitrogen and oxygen atoms in total. The number of para-hydroxylation sites is 1. The first-order valence-corrected chi connectivity index (χ1v) is 9.35. The molecule has 156 valence electrons. The van der Waals surface area contributed by atoms with Crippen molar-refractivity contribution in [2.75, 3.05) is 20.3 Å². The number of ether oxygens (including phenoxy) is 1. The van der Waals surface area contributed by atoms with Crippen LogP contribution in [0.15, 0.2) is 30.3 Å². The monoisotopic (exact) mass is 408 g/mol. The minimum Gasteiger partial charge on any atom is -0.396 e. The second-order valence-electron chi connectivity index (χ2n) is 7.24. The van der Waals surface area contributed by atoms with E-state index in [1.165, 1.54) is 7.11 Å². The Bertz CT molecular complexity index is 941. The number of hydrogen-bond donors (Lipinski definition) is 2. The molecule has 29 heavy (non-hydrogen) atoms. The smallest absolute Gasteiger partial charge is 0.392 e. The van der Waals surface area contributed by atoms with Crippen molar-refractivity contribution in [3.8, 4) is 0 Å². The lowest BCUT2D eigenvalue weighted by atomic mass is 9.85. The van der Waals surface area contributed by atoms with E-state index in [0.29, 0.717) is 23.0 Å². The average Bonchev–Trinajstić information content (AvgIpc) is 2.70. The molecule has 1 aliphatic rings. The number of benzene rings is 1. The van der Waals surface area contributed by atoms with Gasteiger partial charge in [-0.2, -0.15) is 13.2 Å². The number of alkyl halides is 3. The fourth-order valence-corrected chi connectivity index (χ4v) is 3.78. The maximum Gasteiger partial charge on any atom is 0.392 e. The van der Waals surface area contributed by atoms with Gasteiger partial charge in [-0.1, -0.05) is 24.3 Å². The van der Waals surface area contributed by atoms with Gasteiger partial charge in [-0.05, 0) is 30.9 Å². The highest BCUT2D eigenvalue weighted by atomic mass is 19.4. The van der Waals surface area contributed by atoms with Crippen molar-refractivity contribution >= 4 is 22.4 Å². The Labute approximate surface area is 166 Å². The maximum absolute atomic E-state index is 13.0. The van der Waals surface area contributed by atoms with E-state index in [2.05, 4.69) is 4.98 Å². The van der Waals surface area contributed by atoms with E-state index in [1.807, 2.05) is 6.07 Å². The number of amides is 1. The van der Waals surface area contributed by atoms with Crippen LogP contribution in [-0.4, -0.2) is 42.5 Å². The van der Waals surface area contributed by atoms with Crippen LogP contribution in [0.1, 0.15) is 46.8 Å². The number of allylic oxidation sites excluding steroid dienone is 2. The molecule has 1 heterocycles. The van der Waals surface area contributed by atoms with Crippen molar-refractivity contribution in [3.63, 3.8) is 0 Å². The summed E-state index contributed by atoms with van der Waals surface area (Å²) in [5.74, 6) is -2.54. The summed E-state index contributed by atoms with van der Waals surface area (Å²) < 4.78 is 44.0. The standard InChI is InChI=1S/C21H23F3N2O3/c1-29-11-14(10-27)19-17(20(25)28)9-13-3-2-4-16(18(13)26-19)12-5-7-15(8-6-12)21(22,23)24/h2-5,9,14-15,27H,6-8,10-11H2,1H3,(H2,25,28)/t14-,15?/m0/s1. The topological polar surface area (TPSA) is 85.4 Å². The first-order valence-electron chi connectivity index (χ1n) is 9.35. The molecule has 1 aromatic carbocycles. The first kappa shape index (κ1) is 21.3. The number of methoxy groups -OCH3 is 1. The summed E-state index contributed by atoms with van der Waals surface area (Å²) in [6, 6.07) is 6.98. The number of halogens is 3. The van der Waals surface area contributed by atoms with E-state index in [1.54, 1.807) is 24.3 Å². The first-order chi connectivity index (χ1) is 13.8. The molecule has 0 fully saturated rings. The number of nitrogens with zero attached hydrogens (tertiary/aromatic N) is 1. The highest BCUT2D eigenvalue weighted by molar-refractivity contribution is 6.00. The molecule has 0 spiro atoms. The van der Waals surface area contributed by atoms with E-state index in [-0.39, 0.29) is 31.6 Å². The lowest BCUT2D eigenvalue weighted by Crippen LogP contribution is -2.24. The van der Waals surface area contributed by atoms with Crippen molar-refractivity contribution in [3.05, 3.63) is 47.2 Å². The van der Waals surface area contributed by atoms with Crippen molar-refractivity contribution in [1.29, 1.82) is 0 Å². The summed E-state index contributed by atoms with van der Waals surface area (Å²) in [4.78, 5) is 16.6. The van der Waals surface area contributed by atoms with Gasteiger partial charge in [0.15, 0.2) is 0 Å². The number of pyridine rings is 1. The lowest BCUT2D eigenvalue weighted by Gasteiger charge is -2.25. The third kappa shape index (κ3) is 4.43. The van der Waals surface area contributed by atoms with Gasteiger partial charge in [0.2, 0.25) is 0 Å². The van der Waals surface area contributed by atoms with Crippen LogP contribution >= 0.6 is 0 Å². The van der Waals surface area contributed by atoms with Gasteiger partial charge in [0, 0.05) is 24.0 Å². The van der Waals surface area contributed by atoms with Gasteiger partial charge in [0.05, 0.1) is 35.9 Å². The van der Waals surface area contributed by atoms with Crippen LogP contribution in [0.2, 0.25) is 0 Å². The number of fused-ring (bicyclic) bond motifs is 1. The molecule has 8 heteroatoms. The minimum atomic E-state index is -4.20. The number of aromatic nitrogens is 1. The second-order valence-corrected chi connectivity index (χ2v) is 7.24. The molecule has 1 aromatic heterocycles. The second kappa shape index (κ2) is 8.51. The quantitative estimate of drug-likeness (QED) is 0.761. The molecule has 0 aliphatic heterocycles. The van der Waals surface area contributed by atoms with Gasteiger partial charge in [-0.25, -0.2) is 0 Å². The molecule has 1 unspecified atom stereocenters. The number of rotatable bonds is 6. The summed E-state index contributed by atoms with van der Waals surface area (Å²) in [7, 11) is 1.48. The van der Waals surface area contributed by atoms with E-state index >= 15 is 0 Å². The molecule has 2 aromatic rings. The van der Waals surface area contributed by atoms with E-state index in [9.17, 15) is 23.1 Å². The van der Waals surface area contributed by atoms with Gasteiger partial charge in [0.25, 0.3) is 5.91 Å². The van der Waals surface area contributed by atoms with Gasteiger partial charge in [-0.15, -0.1) is 0 Å². The highest BCUT2D eigenvalue weighted by Gasteiger charge is 2.39. The maximum atomic E-state index is 13.0. The van der Waals surface area contributed by atoms with E-state index < -0.39 is 23.9 Å². The fourth-order valence-electron chi connectivity index (χ4n) is 3.78. The average molecular weight is 408 g/mol. The van der Waals surface area contributed by atoms with Crippen LogP contribution in [0.3, 0.4) is 0 Å². The Kier molecular flexibility index (Phi) is 6.24. The molecule has 1 aliphatic carbocycles. The normalized spacial score (nSPS) is 18.5. The number of hydrogen-bond acceptors (Lipinski definition) is 4. The molecule has 3 rings (SSSR count). The number of aliphatic hydroxyl groups excluding tert-OH is 1. The van der Waals surface area contributed by atoms with Crippen LogP contribution in [-0.2, 0) is 4.74 Å². The van der Waals surface area contributed by atoms with Crippen molar-refractivity contribution in [2.45, 2.75) is 31.4 Å². The van der Waals surface area contributed by atoms with Crippen LogP contribution in [0.4, 0.5) is 13.2 Å².